The Hall–Kier alpha value is -5.45. The molecule has 3 aliphatic carbocycles. The van der Waals surface area contributed by atoms with Crippen LogP contribution in [0.15, 0.2) is 137 Å². The predicted octanol–water partition coefficient (Wildman–Crippen LogP) is 4.52. The SMILES string of the molecule is C1=CC2=C3C=c4oc5ccccc5c4=C4C3N(C3C=c5ccccc5=CC3=[N+]4c3ccccc3)N3c4ccccc4C(=C1)C23. The van der Waals surface area contributed by atoms with Gasteiger partial charge >= 0.3 is 0 Å². The number of hydrazine groups is 1. The van der Waals surface area contributed by atoms with Crippen molar-refractivity contribution in [2.75, 3.05) is 5.01 Å². The molecule has 4 heteroatoms. The summed E-state index contributed by atoms with van der Waals surface area (Å²) in [6.45, 7) is 0. The first-order valence-electron chi connectivity index (χ1n) is 15.4. The van der Waals surface area contributed by atoms with E-state index < -0.39 is 0 Å². The summed E-state index contributed by atoms with van der Waals surface area (Å²) in [6.07, 6.45) is 14.1. The van der Waals surface area contributed by atoms with Crippen LogP contribution in [0.3, 0.4) is 0 Å². The maximum Gasteiger partial charge on any atom is 0.223 e. The molecule has 6 aliphatic rings. The molecule has 4 nitrogen and oxygen atoms in total. The van der Waals surface area contributed by atoms with Crippen molar-refractivity contribution in [3.8, 4) is 0 Å². The Morgan fingerprint density at radius 3 is 2.43 bits per heavy atom. The lowest BCUT2D eigenvalue weighted by Crippen LogP contribution is -2.68. The Labute approximate surface area is 253 Å². The van der Waals surface area contributed by atoms with Crippen LogP contribution in [0.5, 0.6) is 0 Å². The van der Waals surface area contributed by atoms with Crippen LogP contribution in [0, 0.1) is 0 Å². The number of hydrogen-bond donors (Lipinski definition) is 0. The Balaban J connectivity index is 1.38. The van der Waals surface area contributed by atoms with Crippen LogP contribution < -0.4 is 26.1 Å². The number of furan rings is 1. The minimum atomic E-state index is -0.0196. The summed E-state index contributed by atoms with van der Waals surface area (Å²) in [7, 11) is 0. The lowest BCUT2D eigenvalue weighted by Gasteiger charge is -2.52. The lowest BCUT2D eigenvalue weighted by atomic mass is 9.80. The van der Waals surface area contributed by atoms with E-state index >= 15 is 0 Å². The maximum absolute atomic E-state index is 6.68. The van der Waals surface area contributed by atoms with Crippen LogP contribution in [-0.4, -0.2) is 33.4 Å². The van der Waals surface area contributed by atoms with Crippen molar-refractivity contribution in [3.05, 3.63) is 159 Å². The average molecular weight is 565 g/mol. The highest BCUT2D eigenvalue weighted by molar-refractivity contribution is 6.16. The summed E-state index contributed by atoms with van der Waals surface area (Å²) < 4.78 is 9.22. The number of hydrogen-bond acceptors (Lipinski definition) is 3. The van der Waals surface area contributed by atoms with Crippen LogP contribution in [0.4, 0.5) is 11.4 Å². The average Bonchev–Trinajstić information content (AvgIpc) is 3.62. The van der Waals surface area contributed by atoms with E-state index in [9.17, 15) is 0 Å². The molecule has 11 rings (SSSR count). The Bertz CT molecular complexity index is 2530. The quantitative estimate of drug-likeness (QED) is 0.280. The van der Waals surface area contributed by atoms with Gasteiger partial charge in [-0.3, -0.25) is 5.01 Å². The zero-order valence-corrected chi connectivity index (χ0v) is 23.8. The Morgan fingerprint density at radius 2 is 1.50 bits per heavy atom. The molecule has 0 saturated heterocycles. The second kappa shape index (κ2) is 8.13. The first-order chi connectivity index (χ1) is 21.8. The fraction of sp³-hybridized carbons (Fsp3) is 0.0750. The molecule has 0 N–H and O–H groups in total. The number of fused-ring (bicyclic) bond motifs is 10. The molecular weight excluding hydrogens is 538 g/mol. The van der Waals surface area contributed by atoms with E-state index in [1.165, 1.54) is 55.0 Å². The fourth-order valence-electron chi connectivity index (χ4n) is 8.48. The van der Waals surface area contributed by atoms with Gasteiger partial charge in [-0.05, 0) is 51.4 Å². The molecule has 0 spiro atoms. The summed E-state index contributed by atoms with van der Waals surface area (Å²) in [4.78, 5) is 0. The van der Waals surface area contributed by atoms with Gasteiger partial charge in [0.25, 0.3) is 0 Å². The molecule has 0 fully saturated rings. The third kappa shape index (κ3) is 2.75. The van der Waals surface area contributed by atoms with Crippen LogP contribution in [-0.2, 0) is 0 Å². The number of rotatable bonds is 1. The third-order valence-corrected chi connectivity index (χ3v) is 10.2. The zero-order chi connectivity index (χ0) is 28.5. The highest BCUT2D eigenvalue weighted by atomic mass is 16.3. The van der Waals surface area contributed by atoms with Gasteiger partial charge in [0.15, 0.2) is 0 Å². The molecule has 5 aromatic rings. The summed E-state index contributed by atoms with van der Waals surface area (Å²) in [5, 5.41) is 10.1. The van der Waals surface area contributed by atoms with Gasteiger partial charge in [-0.25, -0.2) is 0 Å². The molecule has 1 aromatic heterocycles. The van der Waals surface area contributed by atoms with Crippen molar-refractivity contribution in [2.45, 2.75) is 18.1 Å². The van der Waals surface area contributed by atoms with Crippen LogP contribution in [0.2, 0.25) is 0 Å². The van der Waals surface area contributed by atoms with Gasteiger partial charge in [0.05, 0.1) is 16.9 Å². The van der Waals surface area contributed by atoms with Gasteiger partial charge in [0, 0.05) is 29.2 Å². The monoisotopic (exact) mass is 564 g/mol. The van der Waals surface area contributed by atoms with E-state index in [0.29, 0.717) is 0 Å². The van der Waals surface area contributed by atoms with E-state index in [4.69, 9.17) is 4.42 Å². The van der Waals surface area contributed by atoms with Gasteiger partial charge in [-0.15, -0.1) is 0 Å². The van der Waals surface area contributed by atoms with Gasteiger partial charge in [0.1, 0.15) is 23.1 Å². The number of anilines is 1. The van der Waals surface area contributed by atoms with Crippen molar-refractivity contribution in [2.24, 2.45) is 0 Å². The molecule has 206 valence electrons. The van der Waals surface area contributed by atoms with E-state index in [-0.39, 0.29) is 18.1 Å². The van der Waals surface area contributed by atoms with Crippen molar-refractivity contribution in [3.63, 3.8) is 0 Å². The molecule has 0 amide bonds. The van der Waals surface area contributed by atoms with E-state index in [2.05, 4.69) is 154 Å². The molecular formula is C40H26N3O+. The molecule has 0 bridgehead atoms. The Kier molecular flexibility index (Phi) is 4.26. The number of nitrogens with zero attached hydrogens (tertiary/aromatic N) is 3. The van der Waals surface area contributed by atoms with Crippen molar-refractivity contribution < 1.29 is 8.99 Å². The smallest absolute Gasteiger partial charge is 0.223 e. The van der Waals surface area contributed by atoms with E-state index in [1.54, 1.807) is 0 Å². The molecule has 44 heavy (non-hydrogen) atoms. The molecule has 0 radical (unpaired) electrons. The normalized spacial score (nSPS) is 23.5. The highest BCUT2D eigenvalue weighted by Crippen LogP contribution is 2.53. The van der Waals surface area contributed by atoms with E-state index in [1.807, 2.05) is 0 Å². The third-order valence-electron chi connectivity index (χ3n) is 10.2. The van der Waals surface area contributed by atoms with Crippen molar-refractivity contribution in [1.29, 1.82) is 0 Å². The second-order valence-electron chi connectivity index (χ2n) is 12.3. The first kappa shape index (κ1) is 23.1. The highest BCUT2D eigenvalue weighted by Gasteiger charge is 2.58. The molecule has 0 saturated carbocycles. The number of allylic oxidation sites excluding steroid dienone is 2. The number of para-hydroxylation sites is 3. The number of benzene rings is 4. The summed E-state index contributed by atoms with van der Waals surface area (Å²) >= 11 is 0. The molecule has 3 unspecified atom stereocenters. The molecule has 3 aliphatic heterocycles. The molecule has 4 aromatic carbocycles. The predicted molar refractivity (Wildman–Crippen MR) is 176 cm³/mol. The van der Waals surface area contributed by atoms with Crippen LogP contribution >= 0.6 is 0 Å². The maximum atomic E-state index is 6.68. The van der Waals surface area contributed by atoms with Gasteiger partial charge < -0.3 is 4.42 Å². The van der Waals surface area contributed by atoms with Gasteiger partial charge in [-0.1, -0.05) is 97.1 Å². The van der Waals surface area contributed by atoms with Crippen LogP contribution in [0.1, 0.15) is 5.56 Å². The second-order valence-corrected chi connectivity index (χ2v) is 12.3. The summed E-state index contributed by atoms with van der Waals surface area (Å²) in [5.74, 6) is 0. The zero-order valence-electron chi connectivity index (χ0n) is 23.8. The van der Waals surface area contributed by atoms with E-state index in [0.717, 1.165) is 22.1 Å². The van der Waals surface area contributed by atoms with Gasteiger partial charge in [-0.2, -0.15) is 9.58 Å². The standard InChI is InChI=1S/C40H26N3O/c1-2-13-26(14-3-1)41-33-21-24-11-4-5-12-25(24)22-34(33)43-39-31(23-36-37(40(39)41)30-16-7-9-20-35(30)44-36)29-18-10-17-28-27-15-6-8-19-32(27)42(43)38(28)29/h1-23,34,38-39H/q+1. The molecule has 3 atom stereocenters. The topological polar surface area (TPSA) is 22.6 Å². The first-order valence-corrected chi connectivity index (χ1v) is 15.4. The summed E-state index contributed by atoms with van der Waals surface area (Å²) in [6, 6.07) is 37.2. The van der Waals surface area contributed by atoms with Gasteiger partial charge in [0.2, 0.25) is 17.1 Å². The minimum Gasteiger partial charge on any atom is -0.456 e. The van der Waals surface area contributed by atoms with Crippen molar-refractivity contribution in [1.82, 2.24) is 5.01 Å². The Morgan fingerprint density at radius 1 is 0.705 bits per heavy atom. The largest absolute Gasteiger partial charge is 0.456 e. The van der Waals surface area contributed by atoms with Crippen LogP contribution in [0.25, 0.3) is 40.5 Å². The summed E-state index contributed by atoms with van der Waals surface area (Å²) in [5.41, 5.74) is 12.1. The minimum absolute atomic E-state index is 0.0156. The van der Waals surface area contributed by atoms with Crippen molar-refractivity contribution >= 4 is 57.6 Å². The molecule has 4 heterocycles. The lowest BCUT2D eigenvalue weighted by molar-refractivity contribution is -0.352. The fourth-order valence-corrected chi connectivity index (χ4v) is 8.48.